The molecule has 0 N–H and O–H groups in total. The van der Waals surface area contributed by atoms with Gasteiger partial charge in [0.2, 0.25) is 0 Å². The molecule has 0 aliphatic heterocycles. The Bertz CT molecular complexity index is 786. The van der Waals surface area contributed by atoms with Gasteiger partial charge in [0.25, 0.3) is 0 Å². The molecule has 0 saturated heterocycles. The second-order valence-electron chi connectivity index (χ2n) is 4.57. The van der Waals surface area contributed by atoms with Crippen molar-refractivity contribution in [1.82, 2.24) is 14.8 Å². The number of ether oxygens (including phenoxy) is 1. The van der Waals surface area contributed by atoms with Gasteiger partial charge in [-0.15, -0.1) is 22.8 Å². The molecule has 0 saturated carbocycles. The Morgan fingerprint density at radius 2 is 1.82 bits per heavy atom. The van der Waals surface area contributed by atoms with E-state index in [1.807, 2.05) is 60.0 Å². The molecule has 0 spiro atoms. The van der Waals surface area contributed by atoms with Crippen molar-refractivity contribution in [3.63, 3.8) is 0 Å². The summed E-state index contributed by atoms with van der Waals surface area (Å²) in [5.41, 5.74) is 1.71. The third-order valence-corrected chi connectivity index (χ3v) is 3.77. The number of para-hydroxylation sites is 1. The van der Waals surface area contributed by atoms with Gasteiger partial charge in [-0.1, -0.05) is 23.7 Å². The highest BCUT2D eigenvalue weighted by Gasteiger charge is 2.15. The molecule has 22 heavy (non-hydrogen) atoms. The largest absolute Gasteiger partial charge is 0.494 e. The van der Waals surface area contributed by atoms with E-state index < -0.39 is 0 Å². The lowest BCUT2D eigenvalue weighted by atomic mass is 10.2. The summed E-state index contributed by atoms with van der Waals surface area (Å²) in [6, 6.07) is 15.2. The summed E-state index contributed by atoms with van der Waals surface area (Å²) in [5.74, 6) is 1.50. The first-order valence-corrected chi connectivity index (χ1v) is 7.65. The van der Waals surface area contributed by atoms with Crippen LogP contribution in [0.15, 0.2) is 53.7 Å². The number of hydrogen-bond acceptors (Lipinski definition) is 4. The van der Waals surface area contributed by atoms with E-state index in [2.05, 4.69) is 22.8 Å². The van der Waals surface area contributed by atoms with Crippen LogP contribution in [0.5, 0.6) is 5.75 Å². The van der Waals surface area contributed by atoms with Gasteiger partial charge < -0.3 is 4.74 Å². The van der Waals surface area contributed by atoms with E-state index in [9.17, 15) is 0 Å². The molecule has 0 aliphatic rings. The number of thiol groups is 1. The number of hydrogen-bond donors (Lipinski definition) is 1. The van der Waals surface area contributed by atoms with E-state index in [1.54, 1.807) is 0 Å². The highest BCUT2D eigenvalue weighted by molar-refractivity contribution is 7.80. The van der Waals surface area contributed by atoms with Crippen LogP contribution in [-0.2, 0) is 0 Å². The molecule has 3 rings (SSSR count). The minimum atomic E-state index is 0.483. The summed E-state index contributed by atoms with van der Waals surface area (Å²) in [5, 5.41) is 9.37. The van der Waals surface area contributed by atoms with Gasteiger partial charge in [0.05, 0.1) is 17.3 Å². The van der Waals surface area contributed by atoms with Crippen LogP contribution in [0.1, 0.15) is 6.92 Å². The van der Waals surface area contributed by atoms with Crippen LogP contribution in [0.2, 0.25) is 5.02 Å². The highest BCUT2D eigenvalue weighted by Crippen LogP contribution is 2.29. The Balaban J connectivity index is 2.08. The van der Waals surface area contributed by atoms with E-state index >= 15 is 0 Å². The lowest BCUT2D eigenvalue weighted by Gasteiger charge is -2.10. The zero-order valence-electron chi connectivity index (χ0n) is 11.9. The molecule has 4 nitrogen and oxygen atoms in total. The average Bonchev–Trinajstić information content (AvgIpc) is 2.91. The summed E-state index contributed by atoms with van der Waals surface area (Å²) in [4.78, 5) is 0. The van der Waals surface area contributed by atoms with Crippen LogP contribution in [0.25, 0.3) is 17.1 Å². The molecule has 0 unspecified atom stereocenters. The molecule has 3 aromatic rings. The summed E-state index contributed by atoms with van der Waals surface area (Å²) >= 11 is 10.7. The minimum Gasteiger partial charge on any atom is -0.494 e. The summed E-state index contributed by atoms with van der Waals surface area (Å²) < 4.78 is 7.28. The number of halogens is 1. The quantitative estimate of drug-likeness (QED) is 0.725. The zero-order chi connectivity index (χ0) is 15.5. The Morgan fingerprint density at radius 3 is 2.50 bits per heavy atom. The van der Waals surface area contributed by atoms with Crippen LogP contribution in [-0.4, -0.2) is 21.4 Å². The van der Waals surface area contributed by atoms with Crippen molar-refractivity contribution < 1.29 is 4.74 Å². The third kappa shape index (κ3) is 2.82. The van der Waals surface area contributed by atoms with E-state index in [0.29, 0.717) is 22.6 Å². The van der Waals surface area contributed by atoms with Crippen molar-refractivity contribution in [2.75, 3.05) is 6.61 Å². The molecule has 0 bridgehead atoms. The summed E-state index contributed by atoms with van der Waals surface area (Å²) in [6.07, 6.45) is 0. The zero-order valence-corrected chi connectivity index (χ0v) is 13.6. The van der Waals surface area contributed by atoms with Gasteiger partial charge in [0.15, 0.2) is 11.0 Å². The number of nitrogens with zero attached hydrogens (tertiary/aromatic N) is 3. The molecule has 1 heterocycles. The lowest BCUT2D eigenvalue weighted by molar-refractivity contribution is 0.340. The fraction of sp³-hybridized carbons (Fsp3) is 0.125. The molecule has 1 aromatic heterocycles. The molecule has 0 aliphatic carbocycles. The van der Waals surface area contributed by atoms with Crippen LogP contribution in [0.4, 0.5) is 0 Å². The van der Waals surface area contributed by atoms with Gasteiger partial charge in [-0.05, 0) is 43.3 Å². The van der Waals surface area contributed by atoms with Crippen LogP contribution in [0, 0.1) is 0 Å². The fourth-order valence-electron chi connectivity index (χ4n) is 2.18. The molecular weight excluding hydrogens is 318 g/mol. The Morgan fingerprint density at radius 1 is 1.09 bits per heavy atom. The highest BCUT2D eigenvalue weighted by atomic mass is 35.5. The Hall–Kier alpha value is -1.98. The van der Waals surface area contributed by atoms with Crippen molar-refractivity contribution >= 4 is 24.2 Å². The third-order valence-electron chi connectivity index (χ3n) is 3.16. The van der Waals surface area contributed by atoms with Gasteiger partial charge >= 0.3 is 0 Å². The predicted octanol–water partition coefficient (Wildman–Crippen LogP) is 4.28. The number of rotatable bonds is 4. The summed E-state index contributed by atoms with van der Waals surface area (Å²) in [7, 11) is 0. The molecule has 0 amide bonds. The minimum absolute atomic E-state index is 0.483. The van der Waals surface area contributed by atoms with Gasteiger partial charge in [-0.25, -0.2) is 0 Å². The van der Waals surface area contributed by atoms with Crippen molar-refractivity contribution in [3.8, 4) is 22.8 Å². The maximum Gasteiger partial charge on any atom is 0.193 e. The van der Waals surface area contributed by atoms with Crippen LogP contribution >= 0.6 is 24.2 Å². The Kier molecular flexibility index (Phi) is 4.36. The second kappa shape index (κ2) is 6.42. The lowest BCUT2D eigenvalue weighted by Crippen LogP contribution is -1.99. The predicted molar refractivity (Wildman–Crippen MR) is 90.2 cm³/mol. The van der Waals surface area contributed by atoms with E-state index in [4.69, 9.17) is 16.3 Å². The molecule has 0 atom stereocenters. The van der Waals surface area contributed by atoms with Crippen molar-refractivity contribution in [2.45, 2.75) is 12.1 Å². The molecular formula is C16H14ClN3OS. The first-order chi connectivity index (χ1) is 10.7. The van der Waals surface area contributed by atoms with Gasteiger partial charge in [-0.3, -0.25) is 4.57 Å². The normalized spacial score (nSPS) is 10.7. The van der Waals surface area contributed by atoms with Gasteiger partial charge in [0.1, 0.15) is 5.75 Å². The van der Waals surface area contributed by atoms with E-state index in [-0.39, 0.29) is 0 Å². The van der Waals surface area contributed by atoms with Crippen molar-refractivity contribution in [3.05, 3.63) is 53.6 Å². The maximum absolute atomic E-state index is 6.28. The molecule has 0 radical (unpaired) electrons. The second-order valence-corrected chi connectivity index (χ2v) is 5.38. The first kappa shape index (κ1) is 14.9. The van der Waals surface area contributed by atoms with E-state index in [1.165, 1.54) is 0 Å². The molecule has 0 fully saturated rings. The standard InChI is InChI=1S/C16H14ClN3OS/c1-2-21-12-9-7-11(8-10-12)15-18-19-16(22)20(15)14-6-4-3-5-13(14)17/h3-10H,2H2,1H3,(H,19,22). The Labute approximate surface area is 139 Å². The SMILES string of the molecule is CCOc1ccc(-c2nnc(S)n2-c2ccccc2Cl)cc1. The summed E-state index contributed by atoms with van der Waals surface area (Å²) in [6.45, 7) is 2.59. The number of benzene rings is 2. The maximum atomic E-state index is 6.28. The van der Waals surface area contributed by atoms with Crippen molar-refractivity contribution in [1.29, 1.82) is 0 Å². The van der Waals surface area contributed by atoms with Crippen LogP contribution < -0.4 is 4.74 Å². The van der Waals surface area contributed by atoms with Gasteiger partial charge in [-0.2, -0.15) is 0 Å². The van der Waals surface area contributed by atoms with Crippen LogP contribution in [0.3, 0.4) is 0 Å². The number of aromatic nitrogens is 3. The molecule has 112 valence electrons. The smallest absolute Gasteiger partial charge is 0.193 e. The van der Waals surface area contributed by atoms with Crippen molar-refractivity contribution in [2.24, 2.45) is 0 Å². The first-order valence-electron chi connectivity index (χ1n) is 6.83. The molecule has 2 aromatic carbocycles. The topological polar surface area (TPSA) is 39.9 Å². The van der Waals surface area contributed by atoms with Gasteiger partial charge in [0, 0.05) is 5.56 Å². The fourth-order valence-corrected chi connectivity index (χ4v) is 2.65. The monoisotopic (exact) mass is 331 g/mol. The molecule has 6 heteroatoms. The average molecular weight is 332 g/mol. The van der Waals surface area contributed by atoms with E-state index in [0.717, 1.165) is 17.0 Å².